The zero-order valence-corrected chi connectivity index (χ0v) is 21.7. The van der Waals surface area contributed by atoms with Crippen LogP contribution in [-0.2, 0) is 14.8 Å². The van der Waals surface area contributed by atoms with E-state index >= 15 is 0 Å². The van der Waals surface area contributed by atoms with Crippen molar-refractivity contribution in [2.45, 2.75) is 38.0 Å². The Balaban J connectivity index is 1.40. The van der Waals surface area contributed by atoms with Crippen molar-refractivity contribution in [3.63, 3.8) is 0 Å². The van der Waals surface area contributed by atoms with E-state index in [0.717, 1.165) is 66.3 Å². The second kappa shape index (κ2) is 8.70. The fraction of sp³-hybridized carbons (Fsp3) is 0.500. The summed E-state index contributed by atoms with van der Waals surface area (Å²) in [5, 5.41) is 4.80. The third-order valence-electron chi connectivity index (χ3n) is 8.54. The number of rotatable bonds is 4. The smallest absolute Gasteiger partial charge is 0.252 e. The van der Waals surface area contributed by atoms with Gasteiger partial charge in [0, 0.05) is 49.8 Å². The maximum Gasteiger partial charge on any atom is 0.252 e. The number of aromatic amines is 1. The summed E-state index contributed by atoms with van der Waals surface area (Å²) in [4.78, 5) is 35.3. The molecular formula is C26H32N6O4S. The van der Waals surface area contributed by atoms with E-state index < -0.39 is 21.3 Å². The van der Waals surface area contributed by atoms with Crippen molar-refractivity contribution in [1.29, 1.82) is 0 Å². The molecule has 0 saturated carbocycles. The first-order valence-electron chi connectivity index (χ1n) is 12.9. The summed E-state index contributed by atoms with van der Waals surface area (Å²) in [5.41, 5.74) is 8.35. The van der Waals surface area contributed by atoms with Crippen molar-refractivity contribution >= 4 is 49.5 Å². The average Bonchev–Trinajstić information content (AvgIpc) is 3.42. The number of hydrogen-bond donors (Lipinski definition) is 3. The molecule has 4 N–H and O–H groups in total. The van der Waals surface area contributed by atoms with Gasteiger partial charge in [-0.2, -0.15) is 0 Å². The van der Waals surface area contributed by atoms with Crippen LogP contribution < -0.4 is 16.0 Å². The van der Waals surface area contributed by atoms with E-state index in [0.29, 0.717) is 37.3 Å². The fourth-order valence-corrected chi connectivity index (χ4v) is 7.40. The van der Waals surface area contributed by atoms with Gasteiger partial charge in [0.15, 0.2) is 0 Å². The number of carbonyl (C=O) groups excluding carboxylic acids is 2. The highest BCUT2D eigenvalue weighted by atomic mass is 32.2. The summed E-state index contributed by atoms with van der Waals surface area (Å²) in [7, 11) is -3.18. The van der Waals surface area contributed by atoms with Gasteiger partial charge in [-0.05, 0) is 49.7 Å². The van der Waals surface area contributed by atoms with Crippen molar-refractivity contribution in [1.82, 2.24) is 19.6 Å². The van der Waals surface area contributed by atoms with Crippen molar-refractivity contribution in [3.8, 4) is 0 Å². The van der Waals surface area contributed by atoms with Crippen LogP contribution in [0.5, 0.6) is 0 Å². The van der Waals surface area contributed by atoms with Crippen molar-refractivity contribution in [2.75, 3.05) is 43.9 Å². The van der Waals surface area contributed by atoms with Crippen LogP contribution in [0.4, 0.5) is 5.82 Å². The molecule has 37 heavy (non-hydrogen) atoms. The number of nitrogens with two attached hydrogens (primary N) is 1. The molecule has 3 aliphatic rings. The van der Waals surface area contributed by atoms with Gasteiger partial charge in [-0.1, -0.05) is 12.1 Å². The van der Waals surface area contributed by atoms with Crippen molar-refractivity contribution in [3.05, 3.63) is 35.5 Å². The highest BCUT2D eigenvalue weighted by molar-refractivity contribution is 7.88. The number of H-pyrrole nitrogens is 1. The Morgan fingerprint density at radius 2 is 1.97 bits per heavy atom. The number of carbonyl (C=O) groups is 2. The minimum absolute atomic E-state index is 0.118. The molecule has 1 atom stereocenters. The van der Waals surface area contributed by atoms with E-state index in [1.54, 1.807) is 0 Å². The summed E-state index contributed by atoms with van der Waals surface area (Å²) >= 11 is 0. The van der Waals surface area contributed by atoms with E-state index in [1.807, 2.05) is 0 Å². The maximum atomic E-state index is 12.7. The van der Waals surface area contributed by atoms with Crippen molar-refractivity contribution < 1.29 is 18.0 Å². The number of aromatic nitrogens is 2. The predicted octanol–water partition coefficient (Wildman–Crippen LogP) is 2.06. The monoisotopic (exact) mass is 524 g/mol. The lowest BCUT2D eigenvalue weighted by molar-refractivity contribution is -0.128. The normalized spacial score (nSPS) is 23.8. The molecule has 3 aromatic rings. The number of amides is 2. The Hall–Kier alpha value is -3.18. The Morgan fingerprint density at radius 1 is 1.19 bits per heavy atom. The van der Waals surface area contributed by atoms with Gasteiger partial charge in [-0.3, -0.25) is 9.59 Å². The standard InChI is InChI=1S/C26H32N6O4S/c1-37(35,36)32-11-5-16(6-12-32)17-3-4-18-20(13-17)30-22-19(23(27)33)14-29-24(21(18)22)31-10-2-7-26(15-31)8-9-28-25(26)34/h3-4,13-14,16,30H,2,5-12,15H2,1H3,(H2,27,33)(H,28,34). The van der Waals surface area contributed by atoms with Gasteiger partial charge >= 0.3 is 0 Å². The van der Waals surface area contributed by atoms with Gasteiger partial charge in [0.1, 0.15) is 5.82 Å². The second-order valence-electron chi connectivity index (χ2n) is 10.8. The van der Waals surface area contributed by atoms with Crippen molar-refractivity contribution in [2.24, 2.45) is 11.1 Å². The lowest BCUT2D eigenvalue weighted by atomic mass is 9.78. The molecule has 5 heterocycles. The largest absolute Gasteiger partial charge is 0.365 e. The van der Waals surface area contributed by atoms with Gasteiger partial charge in [-0.25, -0.2) is 17.7 Å². The topological polar surface area (TPSA) is 141 Å². The Morgan fingerprint density at radius 3 is 2.65 bits per heavy atom. The maximum absolute atomic E-state index is 12.7. The molecular weight excluding hydrogens is 492 g/mol. The van der Waals surface area contributed by atoms with Crippen LogP contribution >= 0.6 is 0 Å². The van der Waals surface area contributed by atoms with Crippen LogP contribution in [0.3, 0.4) is 0 Å². The molecule has 0 bridgehead atoms. The molecule has 10 nitrogen and oxygen atoms in total. The van der Waals surface area contributed by atoms with Crippen LogP contribution in [0.25, 0.3) is 21.8 Å². The molecule has 0 aliphatic carbocycles. The number of primary amides is 1. The minimum atomic E-state index is -3.18. The number of benzene rings is 1. The average molecular weight is 525 g/mol. The first kappa shape index (κ1) is 24.2. The molecule has 3 saturated heterocycles. The highest BCUT2D eigenvalue weighted by Crippen LogP contribution is 2.42. The van der Waals surface area contributed by atoms with Gasteiger partial charge in [0.2, 0.25) is 15.9 Å². The number of fused-ring (bicyclic) bond motifs is 3. The van der Waals surface area contributed by atoms with Crippen LogP contribution in [0.2, 0.25) is 0 Å². The molecule has 0 radical (unpaired) electrons. The number of sulfonamides is 1. The predicted molar refractivity (Wildman–Crippen MR) is 142 cm³/mol. The first-order valence-corrected chi connectivity index (χ1v) is 14.7. The molecule has 3 aliphatic heterocycles. The number of piperidine rings is 2. The molecule has 6 rings (SSSR count). The quantitative estimate of drug-likeness (QED) is 0.477. The lowest BCUT2D eigenvalue weighted by Gasteiger charge is -2.39. The zero-order chi connectivity index (χ0) is 25.9. The number of hydrogen-bond acceptors (Lipinski definition) is 6. The molecule has 11 heteroatoms. The zero-order valence-electron chi connectivity index (χ0n) is 20.9. The SMILES string of the molecule is CS(=O)(=O)N1CCC(c2ccc3c(c2)[nH]c2c(C(N)=O)cnc(N4CCCC5(CCNC5=O)C4)c23)CC1. The van der Waals surface area contributed by atoms with E-state index in [4.69, 9.17) is 10.7 Å². The number of pyridine rings is 1. The molecule has 2 amide bonds. The lowest BCUT2D eigenvalue weighted by Crippen LogP contribution is -2.47. The number of nitrogens with one attached hydrogen (secondary N) is 2. The third-order valence-corrected chi connectivity index (χ3v) is 9.84. The molecule has 1 unspecified atom stereocenters. The Labute approximate surface area is 215 Å². The summed E-state index contributed by atoms with van der Waals surface area (Å²) in [6.45, 7) is 3.11. The summed E-state index contributed by atoms with van der Waals surface area (Å²) in [5.74, 6) is 0.589. The molecule has 196 valence electrons. The van der Waals surface area contributed by atoms with Gasteiger partial charge in [-0.15, -0.1) is 0 Å². The summed E-state index contributed by atoms with van der Waals surface area (Å²) in [6, 6.07) is 6.26. The minimum Gasteiger partial charge on any atom is -0.365 e. The second-order valence-corrected chi connectivity index (χ2v) is 12.8. The van der Waals surface area contributed by atoms with Crippen LogP contribution in [0.15, 0.2) is 24.4 Å². The third kappa shape index (κ3) is 4.04. The first-order chi connectivity index (χ1) is 17.7. The number of nitrogens with zero attached hydrogens (tertiary/aromatic N) is 3. The molecule has 1 aromatic carbocycles. The fourth-order valence-electron chi connectivity index (χ4n) is 6.52. The van der Waals surface area contributed by atoms with Crippen LogP contribution in [-0.4, -0.2) is 73.5 Å². The molecule has 2 aromatic heterocycles. The van der Waals surface area contributed by atoms with Gasteiger partial charge < -0.3 is 20.9 Å². The van der Waals surface area contributed by atoms with Gasteiger partial charge in [0.25, 0.3) is 5.91 Å². The number of anilines is 1. The van der Waals surface area contributed by atoms with E-state index in [1.165, 1.54) is 16.8 Å². The Kier molecular flexibility index (Phi) is 5.68. The highest BCUT2D eigenvalue weighted by Gasteiger charge is 2.45. The molecule has 3 fully saturated rings. The van der Waals surface area contributed by atoms with Crippen LogP contribution in [0.1, 0.15) is 53.9 Å². The summed E-state index contributed by atoms with van der Waals surface area (Å²) in [6.07, 6.45) is 6.90. The summed E-state index contributed by atoms with van der Waals surface area (Å²) < 4.78 is 25.3. The molecule has 1 spiro atoms. The van der Waals surface area contributed by atoms with E-state index in [9.17, 15) is 18.0 Å². The Bertz CT molecular complexity index is 1520. The van der Waals surface area contributed by atoms with E-state index in [-0.39, 0.29) is 11.8 Å². The van der Waals surface area contributed by atoms with Crippen LogP contribution in [0, 0.1) is 5.41 Å². The van der Waals surface area contributed by atoms with Gasteiger partial charge in [0.05, 0.1) is 28.1 Å². The van der Waals surface area contributed by atoms with E-state index in [2.05, 4.69) is 33.4 Å².